The molecule has 1 aromatic heterocycles. The van der Waals surface area contributed by atoms with Crippen LogP contribution in [-0.4, -0.2) is 44.3 Å². The van der Waals surface area contributed by atoms with Gasteiger partial charge in [0.15, 0.2) is 6.10 Å². The number of morpholine rings is 1. The third kappa shape index (κ3) is 4.23. The van der Waals surface area contributed by atoms with Gasteiger partial charge in [-0.2, -0.15) is 0 Å². The number of esters is 1. The lowest BCUT2D eigenvalue weighted by molar-refractivity contribution is -0.123. The molecule has 1 aromatic carbocycles. The van der Waals surface area contributed by atoms with Gasteiger partial charge in [0.1, 0.15) is 11.3 Å². The summed E-state index contributed by atoms with van der Waals surface area (Å²) in [5, 5.41) is 2.75. The molecule has 7 heteroatoms. The summed E-state index contributed by atoms with van der Waals surface area (Å²) < 4.78 is 15.6. The van der Waals surface area contributed by atoms with Gasteiger partial charge in [-0.1, -0.05) is 0 Å². The van der Waals surface area contributed by atoms with Crippen LogP contribution < -0.4 is 10.2 Å². The fraction of sp³-hybridized carbons (Fsp3) is 0.368. The quantitative estimate of drug-likeness (QED) is 0.828. The first-order valence-corrected chi connectivity index (χ1v) is 8.53. The van der Waals surface area contributed by atoms with Crippen molar-refractivity contribution in [1.29, 1.82) is 0 Å². The summed E-state index contributed by atoms with van der Waals surface area (Å²) >= 11 is 0. The van der Waals surface area contributed by atoms with Crippen molar-refractivity contribution in [2.75, 3.05) is 36.5 Å². The van der Waals surface area contributed by atoms with Crippen LogP contribution in [-0.2, 0) is 14.3 Å². The Labute approximate surface area is 151 Å². The lowest BCUT2D eigenvalue weighted by Gasteiger charge is -2.28. The molecular weight excluding hydrogens is 336 g/mol. The van der Waals surface area contributed by atoms with E-state index >= 15 is 0 Å². The highest BCUT2D eigenvalue weighted by atomic mass is 16.5. The fourth-order valence-corrected chi connectivity index (χ4v) is 2.70. The number of ether oxygens (including phenoxy) is 2. The van der Waals surface area contributed by atoms with Gasteiger partial charge in [0.05, 0.1) is 19.5 Å². The molecule has 1 amide bonds. The Morgan fingerprint density at radius 2 is 1.85 bits per heavy atom. The van der Waals surface area contributed by atoms with E-state index < -0.39 is 18.0 Å². The molecular formula is C19H22N2O5. The van der Waals surface area contributed by atoms with Crippen LogP contribution in [0.25, 0.3) is 0 Å². The van der Waals surface area contributed by atoms with Crippen LogP contribution in [0.5, 0.6) is 0 Å². The second kappa shape index (κ2) is 8.05. The van der Waals surface area contributed by atoms with E-state index in [9.17, 15) is 9.59 Å². The lowest BCUT2D eigenvalue weighted by atomic mass is 10.2. The van der Waals surface area contributed by atoms with Crippen molar-refractivity contribution in [2.24, 2.45) is 0 Å². The Morgan fingerprint density at radius 3 is 2.46 bits per heavy atom. The van der Waals surface area contributed by atoms with Gasteiger partial charge in [-0.25, -0.2) is 4.79 Å². The standard InChI is InChI=1S/C19H22N2O5/c1-13-17(7-10-25-13)19(23)26-14(2)18(22)20-15-3-5-16(6-4-15)21-8-11-24-12-9-21/h3-7,10,14H,8-9,11-12H2,1-2H3,(H,20,22)/t14-/m1/s1. The summed E-state index contributed by atoms with van der Waals surface area (Å²) in [4.78, 5) is 26.5. The normalized spacial score (nSPS) is 15.4. The number of aryl methyl sites for hydroxylation is 1. The molecule has 2 heterocycles. The molecule has 1 aliphatic rings. The van der Waals surface area contributed by atoms with Gasteiger partial charge in [0.2, 0.25) is 0 Å². The topological polar surface area (TPSA) is 81.0 Å². The zero-order chi connectivity index (χ0) is 18.5. The summed E-state index contributed by atoms with van der Waals surface area (Å²) in [6, 6.07) is 9.08. The molecule has 1 saturated heterocycles. The van der Waals surface area contributed by atoms with E-state index in [-0.39, 0.29) is 0 Å². The molecule has 1 atom stereocenters. The molecule has 26 heavy (non-hydrogen) atoms. The molecule has 138 valence electrons. The molecule has 0 spiro atoms. The zero-order valence-electron chi connectivity index (χ0n) is 14.9. The average Bonchev–Trinajstić information content (AvgIpc) is 3.09. The molecule has 1 fully saturated rings. The highest BCUT2D eigenvalue weighted by Crippen LogP contribution is 2.19. The van der Waals surface area contributed by atoms with Gasteiger partial charge in [-0.3, -0.25) is 4.79 Å². The number of nitrogens with one attached hydrogen (secondary N) is 1. The third-order valence-electron chi connectivity index (χ3n) is 4.24. The first-order valence-electron chi connectivity index (χ1n) is 8.53. The molecule has 0 saturated carbocycles. The van der Waals surface area contributed by atoms with Crippen LogP contribution in [0, 0.1) is 6.92 Å². The molecule has 0 unspecified atom stereocenters. The summed E-state index contributed by atoms with van der Waals surface area (Å²) in [6.45, 7) is 6.34. The van der Waals surface area contributed by atoms with E-state index in [1.54, 1.807) is 6.92 Å². The van der Waals surface area contributed by atoms with Gasteiger partial charge >= 0.3 is 5.97 Å². The maximum atomic E-state index is 12.3. The van der Waals surface area contributed by atoms with Crippen molar-refractivity contribution in [2.45, 2.75) is 20.0 Å². The van der Waals surface area contributed by atoms with E-state index in [1.165, 1.54) is 19.3 Å². The number of anilines is 2. The zero-order valence-corrected chi connectivity index (χ0v) is 14.9. The van der Waals surface area contributed by atoms with Gasteiger partial charge in [0.25, 0.3) is 5.91 Å². The molecule has 3 rings (SSSR count). The van der Waals surface area contributed by atoms with Crippen molar-refractivity contribution >= 4 is 23.3 Å². The van der Waals surface area contributed by atoms with E-state index in [0.717, 1.165) is 32.0 Å². The average molecular weight is 358 g/mol. The smallest absolute Gasteiger partial charge is 0.342 e. The predicted octanol–water partition coefficient (Wildman–Crippen LogP) is 2.61. The van der Waals surface area contributed by atoms with Gasteiger partial charge in [-0.15, -0.1) is 0 Å². The highest BCUT2D eigenvalue weighted by molar-refractivity contribution is 5.97. The van der Waals surface area contributed by atoms with Crippen LogP contribution in [0.3, 0.4) is 0 Å². The van der Waals surface area contributed by atoms with Crippen molar-refractivity contribution in [1.82, 2.24) is 0 Å². The number of rotatable bonds is 5. The number of amides is 1. The first-order chi connectivity index (χ1) is 12.5. The lowest BCUT2D eigenvalue weighted by Crippen LogP contribution is -2.36. The summed E-state index contributed by atoms with van der Waals surface area (Å²) in [5.74, 6) is -0.513. The second-order valence-electron chi connectivity index (χ2n) is 6.07. The van der Waals surface area contributed by atoms with Crippen molar-refractivity contribution in [3.05, 3.63) is 47.9 Å². The van der Waals surface area contributed by atoms with Crippen LogP contribution >= 0.6 is 0 Å². The van der Waals surface area contributed by atoms with E-state index in [0.29, 0.717) is 17.0 Å². The monoisotopic (exact) mass is 358 g/mol. The minimum Gasteiger partial charge on any atom is -0.469 e. The Kier molecular flexibility index (Phi) is 5.58. The summed E-state index contributed by atoms with van der Waals surface area (Å²) in [6.07, 6.45) is 0.489. The van der Waals surface area contributed by atoms with Gasteiger partial charge in [-0.05, 0) is 44.2 Å². The largest absolute Gasteiger partial charge is 0.469 e. The molecule has 1 aliphatic heterocycles. The predicted molar refractivity (Wildman–Crippen MR) is 96.4 cm³/mol. The summed E-state index contributed by atoms with van der Waals surface area (Å²) in [5.41, 5.74) is 2.05. The Hall–Kier alpha value is -2.80. The van der Waals surface area contributed by atoms with Crippen LogP contribution in [0.4, 0.5) is 11.4 Å². The highest BCUT2D eigenvalue weighted by Gasteiger charge is 2.21. The summed E-state index contributed by atoms with van der Waals surface area (Å²) in [7, 11) is 0. The first kappa shape index (κ1) is 18.0. The number of hydrogen-bond donors (Lipinski definition) is 1. The molecule has 0 radical (unpaired) electrons. The SMILES string of the molecule is Cc1occc1C(=O)O[C@H](C)C(=O)Nc1ccc(N2CCOCC2)cc1. The maximum absolute atomic E-state index is 12.3. The Bertz CT molecular complexity index is 762. The van der Waals surface area contributed by atoms with Gasteiger partial charge < -0.3 is 24.1 Å². The number of carbonyl (C=O) groups excluding carboxylic acids is 2. The van der Waals surface area contributed by atoms with E-state index in [4.69, 9.17) is 13.9 Å². The van der Waals surface area contributed by atoms with Crippen LogP contribution in [0.15, 0.2) is 41.0 Å². The van der Waals surface area contributed by atoms with E-state index in [2.05, 4.69) is 10.2 Å². The maximum Gasteiger partial charge on any atom is 0.342 e. The molecule has 2 aromatic rings. The van der Waals surface area contributed by atoms with Crippen LogP contribution in [0.1, 0.15) is 23.0 Å². The van der Waals surface area contributed by atoms with E-state index in [1.807, 2.05) is 24.3 Å². The molecule has 0 bridgehead atoms. The molecule has 1 N–H and O–H groups in total. The van der Waals surface area contributed by atoms with Gasteiger partial charge in [0, 0.05) is 24.5 Å². The second-order valence-corrected chi connectivity index (χ2v) is 6.07. The minimum atomic E-state index is -0.921. The van der Waals surface area contributed by atoms with Crippen molar-refractivity contribution in [3.63, 3.8) is 0 Å². The number of furan rings is 1. The minimum absolute atomic E-state index is 0.319. The third-order valence-corrected chi connectivity index (χ3v) is 4.24. The van der Waals surface area contributed by atoms with Crippen molar-refractivity contribution < 1.29 is 23.5 Å². The molecule has 7 nitrogen and oxygen atoms in total. The Morgan fingerprint density at radius 1 is 1.15 bits per heavy atom. The number of nitrogens with zero attached hydrogens (tertiary/aromatic N) is 1. The number of hydrogen-bond acceptors (Lipinski definition) is 6. The Balaban J connectivity index is 1.55. The number of benzene rings is 1. The van der Waals surface area contributed by atoms with Crippen molar-refractivity contribution in [3.8, 4) is 0 Å². The molecule has 0 aliphatic carbocycles. The van der Waals surface area contributed by atoms with Crippen LogP contribution in [0.2, 0.25) is 0 Å². The fourth-order valence-electron chi connectivity index (χ4n) is 2.70. The number of carbonyl (C=O) groups is 2.